The normalized spacial score (nSPS) is 14.2. The number of nitrogens with zero attached hydrogens (tertiary/aromatic N) is 2. The van der Waals surface area contributed by atoms with Crippen molar-refractivity contribution in [3.8, 4) is 0 Å². The summed E-state index contributed by atoms with van der Waals surface area (Å²) in [5.74, 6) is -1.97. The van der Waals surface area contributed by atoms with Gasteiger partial charge in [0.15, 0.2) is 0 Å². The highest BCUT2D eigenvalue weighted by Crippen LogP contribution is 2.29. The van der Waals surface area contributed by atoms with E-state index in [4.69, 9.17) is 10.2 Å². The fraction of sp³-hybridized carbons (Fsp3) is 0.700. The van der Waals surface area contributed by atoms with Crippen LogP contribution in [0.15, 0.2) is 0 Å². The molecule has 0 radical (unpaired) electrons. The van der Waals surface area contributed by atoms with Gasteiger partial charge in [-0.2, -0.15) is 0 Å². The third kappa shape index (κ3) is 4.71. The first kappa shape index (κ1) is 13.3. The van der Waals surface area contributed by atoms with Crippen molar-refractivity contribution in [3.63, 3.8) is 0 Å². The topological polar surface area (TPSA) is 98.2 Å². The molecule has 1 aliphatic rings. The zero-order chi connectivity index (χ0) is 13.0. The first-order valence-electron chi connectivity index (χ1n) is 5.33. The summed E-state index contributed by atoms with van der Waals surface area (Å²) in [6.45, 7) is -0.644. The van der Waals surface area contributed by atoms with Crippen LogP contribution in [-0.4, -0.2) is 64.7 Å². The van der Waals surface area contributed by atoms with Crippen molar-refractivity contribution >= 4 is 18.0 Å². The van der Waals surface area contributed by atoms with E-state index in [1.54, 1.807) is 7.05 Å². The predicted octanol–water partition coefficient (Wildman–Crippen LogP) is -0.0806. The number of aliphatic carboxylic acids is 2. The first-order valence-corrected chi connectivity index (χ1v) is 5.33. The molecule has 0 aromatic carbocycles. The maximum atomic E-state index is 11.8. The van der Waals surface area contributed by atoms with E-state index < -0.39 is 31.1 Å². The lowest BCUT2D eigenvalue weighted by molar-refractivity contribution is -0.140. The minimum atomic E-state index is -1.22. The van der Waals surface area contributed by atoms with Gasteiger partial charge in [-0.25, -0.2) is 4.79 Å². The Hall–Kier alpha value is -1.79. The summed E-state index contributed by atoms with van der Waals surface area (Å²) >= 11 is 0. The van der Waals surface area contributed by atoms with Crippen molar-refractivity contribution in [2.24, 2.45) is 5.92 Å². The van der Waals surface area contributed by atoms with E-state index in [1.807, 2.05) is 0 Å². The number of carbonyl (C=O) groups is 3. The Balaban J connectivity index is 2.55. The van der Waals surface area contributed by atoms with Crippen LogP contribution < -0.4 is 0 Å². The van der Waals surface area contributed by atoms with Gasteiger partial charge < -0.3 is 20.0 Å². The van der Waals surface area contributed by atoms with E-state index in [0.29, 0.717) is 12.5 Å². The number of carboxylic acid groups (broad SMARTS) is 2. The summed E-state index contributed by atoms with van der Waals surface area (Å²) in [6.07, 6.45) is 2.13. The van der Waals surface area contributed by atoms with Crippen LogP contribution in [-0.2, 0) is 9.59 Å². The van der Waals surface area contributed by atoms with Gasteiger partial charge in [0.1, 0.15) is 13.1 Å². The summed E-state index contributed by atoms with van der Waals surface area (Å²) in [6, 6.07) is -0.554. The van der Waals surface area contributed by atoms with Gasteiger partial charge in [0.05, 0.1) is 0 Å². The second kappa shape index (κ2) is 5.51. The average molecular weight is 244 g/mol. The van der Waals surface area contributed by atoms with Crippen molar-refractivity contribution in [2.45, 2.75) is 12.8 Å². The quantitative estimate of drug-likeness (QED) is 0.681. The van der Waals surface area contributed by atoms with Gasteiger partial charge in [-0.05, 0) is 18.8 Å². The predicted molar refractivity (Wildman–Crippen MR) is 57.6 cm³/mol. The van der Waals surface area contributed by atoms with E-state index in [9.17, 15) is 14.4 Å². The number of rotatable bonds is 6. The summed E-state index contributed by atoms with van der Waals surface area (Å²) in [5, 5.41) is 17.2. The Morgan fingerprint density at radius 2 is 1.59 bits per heavy atom. The van der Waals surface area contributed by atoms with E-state index in [-0.39, 0.29) is 0 Å². The maximum absolute atomic E-state index is 11.8. The molecule has 7 heteroatoms. The van der Waals surface area contributed by atoms with Crippen molar-refractivity contribution in [1.29, 1.82) is 0 Å². The SMILES string of the molecule is CN(CC1CC1)C(=O)N(CC(=O)O)CC(=O)O. The summed E-state index contributed by atoms with van der Waals surface area (Å²) < 4.78 is 0. The van der Waals surface area contributed by atoms with Crippen LogP contribution in [0.4, 0.5) is 4.79 Å². The molecule has 0 atom stereocenters. The molecule has 2 amide bonds. The highest BCUT2D eigenvalue weighted by molar-refractivity contribution is 5.84. The van der Waals surface area contributed by atoms with Crippen LogP contribution in [0.5, 0.6) is 0 Å². The number of hydrogen-bond donors (Lipinski definition) is 2. The maximum Gasteiger partial charge on any atom is 0.323 e. The number of urea groups is 1. The monoisotopic (exact) mass is 244 g/mol. The van der Waals surface area contributed by atoms with E-state index in [0.717, 1.165) is 17.7 Å². The van der Waals surface area contributed by atoms with Crippen LogP contribution in [0.1, 0.15) is 12.8 Å². The number of carboxylic acids is 2. The van der Waals surface area contributed by atoms with Crippen molar-refractivity contribution in [2.75, 3.05) is 26.7 Å². The van der Waals surface area contributed by atoms with E-state index in [2.05, 4.69) is 0 Å². The second-order valence-electron chi connectivity index (χ2n) is 4.25. The molecule has 96 valence electrons. The zero-order valence-corrected chi connectivity index (χ0v) is 9.63. The fourth-order valence-corrected chi connectivity index (χ4v) is 1.52. The smallest absolute Gasteiger partial charge is 0.323 e. The Morgan fingerprint density at radius 3 is 1.94 bits per heavy atom. The lowest BCUT2D eigenvalue weighted by Crippen LogP contribution is -2.46. The van der Waals surface area contributed by atoms with Gasteiger partial charge >= 0.3 is 18.0 Å². The molecular weight excluding hydrogens is 228 g/mol. The van der Waals surface area contributed by atoms with Gasteiger partial charge in [0.25, 0.3) is 0 Å². The number of amides is 2. The highest BCUT2D eigenvalue weighted by atomic mass is 16.4. The molecule has 0 spiro atoms. The average Bonchev–Trinajstić information content (AvgIpc) is 2.97. The third-order valence-electron chi connectivity index (χ3n) is 2.48. The molecule has 2 N–H and O–H groups in total. The molecule has 0 aromatic rings. The summed E-state index contributed by atoms with van der Waals surface area (Å²) in [7, 11) is 1.55. The molecule has 1 saturated carbocycles. The molecular formula is C10H16N2O5. The molecule has 0 bridgehead atoms. The summed E-state index contributed by atoms with van der Waals surface area (Å²) in [5.41, 5.74) is 0. The van der Waals surface area contributed by atoms with Gasteiger partial charge in [-0.15, -0.1) is 0 Å². The van der Waals surface area contributed by atoms with Crippen molar-refractivity contribution in [1.82, 2.24) is 9.80 Å². The standard InChI is InChI=1S/C10H16N2O5/c1-11(4-7-2-3-7)10(17)12(5-8(13)14)6-9(15)16/h7H,2-6H2,1H3,(H,13,14)(H,15,16). The van der Waals surface area contributed by atoms with Gasteiger partial charge in [-0.1, -0.05) is 0 Å². The van der Waals surface area contributed by atoms with E-state index >= 15 is 0 Å². The zero-order valence-electron chi connectivity index (χ0n) is 9.63. The van der Waals surface area contributed by atoms with Crippen molar-refractivity contribution in [3.05, 3.63) is 0 Å². The molecule has 7 nitrogen and oxygen atoms in total. The van der Waals surface area contributed by atoms with E-state index in [1.165, 1.54) is 4.90 Å². The summed E-state index contributed by atoms with van der Waals surface area (Å²) in [4.78, 5) is 35.1. The van der Waals surface area contributed by atoms with Crippen molar-refractivity contribution < 1.29 is 24.6 Å². The molecule has 0 aliphatic heterocycles. The van der Waals surface area contributed by atoms with Crippen LogP contribution >= 0.6 is 0 Å². The third-order valence-corrected chi connectivity index (χ3v) is 2.48. The fourth-order valence-electron chi connectivity index (χ4n) is 1.52. The molecule has 0 aromatic heterocycles. The first-order chi connectivity index (χ1) is 7.90. The molecule has 1 fully saturated rings. The Labute approximate surface area is 98.6 Å². The number of hydrogen-bond acceptors (Lipinski definition) is 3. The molecule has 0 heterocycles. The Kier molecular flexibility index (Phi) is 4.30. The molecule has 0 unspecified atom stereocenters. The Morgan fingerprint density at radius 1 is 1.12 bits per heavy atom. The minimum absolute atomic E-state index is 0.473. The van der Waals surface area contributed by atoms with Crippen LogP contribution in [0.2, 0.25) is 0 Å². The largest absolute Gasteiger partial charge is 0.480 e. The van der Waals surface area contributed by atoms with Gasteiger partial charge in [0, 0.05) is 13.6 Å². The van der Waals surface area contributed by atoms with Gasteiger partial charge in [0.2, 0.25) is 0 Å². The molecule has 17 heavy (non-hydrogen) atoms. The Bertz CT molecular complexity index is 311. The lowest BCUT2D eigenvalue weighted by atomic mass is 10.4. The molecule has 1 aliphatic carbocycles. The molecule has 0 saturated heterocycles. The second-order valence-corrected chi connectivity index (χ2v) is 4.25. The van der Waals surface area contributed by atoms with Crippen LogP contribution in [0.3, 0.4) is 0 Å². The number of carbonyl (C=O) groups excluding carboxylic acids is 1. The van der Waals surface area contributed by atoms with Crippen LogP contribution in [0.25, 0.3) is 0 Å². The lowest BCUT2D eigenvalue weighted by Gasteiger charge is -2.25. The minimum Gasteiger partial charge on any atom is -0.480 e. The highest BCUT2D eigenvalue weighted by Gasteiger charge is 2.28. The van der Waals surface area contributed by atoms with Gasteiger partial charge in [-0.3, -0.25) is 9.59 Å². The molecule has 1 rings (SSSR count). The van der Waals surface area contributed by atoms with Crippen LogP contribution in [0, 0.1) is 5.92 Å².